The van der Waals surface area contributed by atoms with Gasteiger partial charge in [0.25, 0.3) is 0 Å². The van der Waals surface area contributed by atoms with E-state index in [0.717, 1.165) is 18.0 Å². The zero-order chi connectivity index (χ0) is 13.8. The maximum absolute atomic E-state index is 4.58. The first-order chi connectivity index (χ1) is 9.10. The molecule has 0 saturated carbocycles. The average Bonchev–Trinajstić information content (AvgIpc) is 2.74. The van der Waals surface area contributed by atoms with Crippen molar-refractivity contribution in [2.75, 3.05) is 6.54 Å². The van der Waals surface area contributed by atoms with Crippen LogP contribution < -0.4 is 5.32 Å². The number of benzene rings is 1. The molecule has 3 heteroatoms. The lowest BCUT2D eigenvalue weighted by molar-refractivity contribution is 0.542. The average molecular weight is 274 g/mol. The molecule has 0 bridgehead atoms. The molecular weight excluding hydrogens is 252 g/mol. The van der Waals surface area contributed by atoms with E-state index in [2.05, 4.69) is 61.6 Å². The molecular formula is C16H22N2S. The van der Waals surface area contributed by atoms with Gasteiger partial charge in [0.2, 0.25) is 0 Å². The first-order valence-corrected chi connectivity index (χ1v) is 7.69. The Labute approximate surface area is 119 Å². The Balaban J connectivity index is 2.23. The number of nitrogens with zero attached hydrogens (tertiary/aromatic N) is 1. The molecule has 0 amide bonds. The topological polar surface area (TPSA) is 24.9 Å². The number of likely N-dealkylation sites (N-methyl/N-ethyl adjacent to an activating group) is 1. The fraction of sp³-hybridized carbons (Fsp3) is 0.438. The van der Waals surface area contributed by atoms with E-state index in [1.54, 1.807) is 11.3 Å². The van der Waals surface area contributed by atoms with Crippen LogP contribution in [0.4, 0.5) is 0 Å². The van der Waals surface area contributed by atoms with Gasteiger partial charge in [-0.25, -0.2) is 4.98 Å². The lowest BCUT2D eigenvalue weighted by Crippen LogP contribution is -2.24. The van der Waals surface area contributed by atoms with Gasteiger partial charge in [-0.15, -0.1) is 11.3 Å². The summed E-state index contributed by atoms with van der Waals surface area (Å²) in [7, 11) is 0. The van der Waals surface area contributed by atoms with Crippen molar-refractivity contribution in [3.05, 3.63) is 51.0 Å². The number of rotatable bonds is 5. The number of hydrogen-bond acceptors (Lipinski definition) is 3. The molecule has 1 unspecified atom stereocenters. The minimum Gasteiger partial charge on any atom is -0.310 e. The van der Waals surface area contributed by atoms with Gasteiger partial charge in [0, 0.05) is 17.8 Å². The first kappa shape index (κ1) is 14.2. The molecule has 0 aliphatic rings. The molecule has 0 fully saturated rings. The highest BCUT2D eigenvalue weighted by atomic mass is 32.1. The van der Waals surface area contributed by atoms with Crippen LogP contribution in [0, 0.1) is 20.8 Å². The summed E-state index contributed by atoms with van der Waals surface area (Å²) in [5, 5.41) is 6.90. The van der Waals surface area contributed by atoms with Gasteiger partial charge in [-0.1, -0.05) is 30.7 Å². The number of aromatic nitrogens is 1. The van der Waals surface area contributed by atoms with E-state index in [1.165, 1.54) is 22.4 Å². The van der Waals surface area contributed by atoms with E-state index in [1.807, 2.05) is 0 Å². The molecule has 0 spiro atoms. The third-order valence-electron chi connectivity index (χ3n) is 3.33. The van der Waals surface area contributed by atoms with Crippen LogP contribution in [0.3, 0.4) is 0 Å². The van der Waals surface area contributed by atoms with E-state index >= 15 is 0 Å². The van der Waals surface area contributed by atoms with Gasteiger partial charge < -0.3 is 5.32 Å². The zero-order valence-corrected chi connectivity index (χ0v) is 13.0. The van der Waals surface area contributed by atoms with Crippen molar-refractivity contribution in [3.8, 4) is 0 Å². The second-order valence-electron chi connectivity index (χ2n) is 5.03. The van der Waals surface area contributed by atoms with Crippen LogP contribution in [-0.4, -0.2) is 11.5 Å². The summed E-state index contributed by atoms with van der Waals surface area (Å²) < 4.78 is 0. The van der Waals surface area contributed by atoms with E-state index in [4.69, 9.17) is 0 Å². The van der Waals surface area contributed by atoms with Gasteiger partial charge in [0.1, 0.15) is 0 Å². The standard InChI is InChI=1S/C16H22N2S/c1-5-17-16(9-14-10-19-13(4)18-14)15-7-6-11(2)8-12(15)3/h6-8,10,16-17H,5,9H2,1-4H3. The molecule has 2 aromatic rings. The van der Waals surface area contributed by atoms with Crippen LogP contribution in [0.5, 0.6) is 0 Å². The molecule has 2 nitrogen and oxygen atoms in total. The summed E-state index contributed by atoms with van der Waals surface area (Å²) in [5.74, 6) is 0. The van der Waals surface area contributed by atoms with Crippen molar-refractivity contribution in [1.29, 1.82) is 0 Å². The zero-order valence-electron chi connectivity index (χ0n) is 12.2. The fourth-order valence-corrected chi connectivity index (χ4v) is 3.09. The van der Waals surface area contributed by atoms with E-state index < -0.39 is 0 Å². The number of aryl methyl sites for hydroxylation is 3. The maximum atomic E-state index is 4.58. The van der Waals surface area contributed by atoms with Crippen LogP contribution in [0.15, 0.2) is 23.6 Å². The Kier molecular flexibility index (Phi) is 4.72. The van der Waals surface area contributed by atoms with Crippen molar-refractivity contribution < 1.29 is 0 Å². The lowest BCUT2D eigenvalue weighted by atomic mass is 9.96. The second-order valence-corrected chi connectivity index (χ2v) is 6.09. The summed E-state index contributed by atoms with van der Waals surface area (Å²) in [5.41, 5.74) is 5.26. The van der Waals surface area contributed by atoms with Crippen LogP contribution >= 0.6 is 11.3 Å². The molecule has 1 aromatic carbocycles. The molecule has 102 valence electrons. The molecule has 0 radical (unpaired) electrons. The Bertz CT molecular complexity index is 545. The molecule has 19 heavy (non-hydrogen) atoms. The van der Waals surface area contributed by atoms with Crippen LogP contribution in [0.2, 0.25) is 0 Å². The van der Waals surface area contributed by atoms with E-state index in [0.29, 0.717) is 6.04 Å². The van der Waals surface area contributed by atoms with Crippen LogP contribution in [0.1, 0.15) is 40.4 Å². The highest BCUT2D eigenvalue weighted by Crippen LogP contribution is 2.23. The SMILES string of the molecule is CCNC(Cc1csc(C)n1)c1ccc(C)cc1C. The Morgan fingerprint density at radius 3 is 2.63 bits per heavy atom. The number of nitrogens with one attached hydrogen (secondary N) is 1. The minimum atomic E-state index is 0.354. The summed E-state index contributed by atoms with van der Waals surface area (Å²) in [4.78, 5) is 4.58. The van der Waals surface area contributed by atoms with Crippen molar-refractivity contribution in [3.63, 3.8) is 0 Å². The van der Waals surface area contributed by atoms with Gasteiger partial charge in [-0.05, 0) is 38.4 Å². The van der Waals surface area contributed by atoms with Gasteiger partial charge >= 0.3 is 0 Å². The van der Waals surface area contributed by atoms with Crippen LogP contribution in [-0.2, 0) is 6.42 Å². The normalized spacial score (nSPS) is 12.6. The predicted octanol–water partition coefficient (Wildman–Crippen LogP) is 3.96. The molecule has 0 aliphatic carbocycles. The molecule has 0 saturated heterocycles. The molecule has 0 aliphatic heterocycles. The van der Waals surface area contributed by atoms with E-state index in [-0.39, 0.29) is 0 Å². The van der Waals surface area contributed by atoms with Gasteiger partial charge in [-0.2, -0.15) is 0 Å². The quantitative estimate of drug-likeness (QED) is 0.892. The van der Waals surface area contributed by atoms with Gasteiger partial charge in [0.15, 0.2) is 0 Å². The predicted molar refractivity (Wildman–Crippen MR) is 82.9 cm³/mol. The second kappa shape index (κ2) is 6.31. The highest BCUT2D eigenvalue weighted by Gasteiger charge is 2.14. The molecule has 1 heterocycles. The first-order valence-electron chi connectivity index (χ1n) is 6.81. The monoisotopic (exact) mass is 274 g/mol. The van der Waals surface area contributed by atoms with Crippen molar-refractivity contribution in [1.82, 2.24) is 10.3 Å². The van der Waals surface area contributed by atoms with Crippen molar-refractivity contribution in [2.24, 2.45) is 0 Å². The highest BCUT2D eigenvalue weighted by molar-refractivity contribution is 7.09. The van der Waals surface area contributed by atoms with Crippen molar-refractivity contribution in [2.45, 2.75) is 40.2 Å². The Morgan fingerprint density at radius 2 is 2.05 bits per heavy atom. The smallest absolute Gasteiger partial charge is 0.0897 e. The van der Waals surface area contributed by atoms with E-state index in [9.17, 15) is 0 Å². The largest absolute Gasteiger partial charge is 0.310 e. The minimum absolute atomic E-state index is 0.354. The summed E-state index contributed by atoms with van der Waals surface area (Å²) in [6.45, 7) is 9.53. The number of thiazole rings is 1. The fourth-order valence-electron chi connectivity index (χ4n) is 2.47. The Morgan fingerprint density at radius 1 is 1.26 bits per heavy atom. The number of hydrogen-bond donors (Lipinski definition) is 1. The molecule has 2 rings (SSSR count). The molecule has 1 aromatic heterocycles. The van der Waals surface area contributed by atoms with Gasteiger partial charge in [-0.3, -0.25) is 0 Å². The maximum Gasteiger partial charge on any atom is 0.0897 e. The Hall–Kier alpha value is -1.19. The third kappa shape index (κ3) is 3.64. The molecule has 1 N–H and O–H groups in total. The van der Waals surface area contributed by atoms with Crippen molar-refractivity contribution >= 4 is 11.3 Å². The summed E-state index contributed by atoms with van der Waals surface area (Å²) >= 11 is 1.73. The lowest BCUT2D eigenvalue weighted by Gasteiger charge is -2.20. The van der Waals surface area contributed by atoms with Gasteiger partial charge in [0.05, 0.1) is 10.7 Å². The summed E-state index contributed by atoms with van der Waals surface area (Å²) in [6.07, 6.45) is 0.960. The van der Waals surface area contributed by atoms with Crippen LogP contribution in [0.25, 0.3) is 0 Å². The summed E-state index contributed by atoms with van der Waals surface area (Å²) in [6, 6.07) is 7.05. The third-order valence-corrected chi connectivity index (χ3v) is 4.15. The molecule has 1 atom stereocenters.